The van der Waals surface area contributed by atoms with Gasteiger partial charge in [-0.1, -0.05) is 19.3 Å². The summed E-state index contributed by atoms with van der Waals surface area (Å²) >= 11 is 0. The van der Waals surface area contributed by atoms with Crippen LogP contribution in [0.25, 0.3) is 5.82 Å². The van der Waals surface area contributed by atoms with Gasteiger partial charge in [-0.25, -0.2) is 9.97 Å². The Hall–Kier alpha value is -1.84. The fourth-order valence-corrected chi connectivity index (χ4v) is 2.91. The third-order valence-corrected chi connectivity index (χ3v) is 4.14. The van der Waals surface area contributed by atoms with Gasteiger partial charge in [0.25, 0.3) is 0 Å². The van der Waals surface area contributed by atoms with E-state index in [1.54, 1.807) is 6.20 Å². The van der Waals surface area contributed by atoms with Crippen molar-refractivity contribution in [2.45, 2.75) is 39.0 Å². The Morgan fingerprint density at radius 1 is 1.20 bits per heavy atom. The molecule has 0 radical (unpaired) electrons. The van der Waals surface area contributed by atoms with Crippen LogP contribution in [-0.4, -0.2) is 21.1 Å². The fraction of sp³-hybridized carbons (Fsp3) is 0.500. The van der Waals surface area contributed by atoms with Crippen LogP contribution in [0.15, 0.2) is 30.7 Å². The van der Waals surface area contributed by atoms with Crippen molar-refractivity contribution in [1.82, 2.24) is 14.5 Å². The molecule has 0 aromatic carbocycles. The molecule has 4 nitrogen and oxygen atoms in total. The lowest BCUT2D eigenvalue weighted by Gasteiger charge is -2.22. The minimum absolute atomic E-state index is 0.833. The van der Waals surface area contributed by atoms with Crippen LogP contribution >= 0.6 is 0 Å². The molecule has 0 bridgehead atoms. The molecule has 2 aromatic heterocycles. The second kappa shape index (κ2) is 6.07. The molecular formula is C16H22N4. The van der Waals surface area contributed by atoms with Gasteiger partial charge in [-0.3, -0.25) is 4.57 Å². The molecule has 106 valence electrons. The zero-order chi connectivity index (χ0) is 13.8. The van der Waals surface area contributed by atoms with Gasteiger partial charge in [-0.15, -0.1) is 0 Å². The van der Waals surface area contributed by atoms with Gasteiger partial charge in [0.1, 0.15) is 11.6 Å². The maximum atomic E-state index is 4.51. The smallest absolute Gasteiger partial charge is 0.138 e. The lowest BCUT2D eigenvalue weighted by atomic mass is 9.89. The molecule has 0 atom stereocenters. The number of nitrogens with zero attached hydrogens (tertiary/aromatic N) is 3. The molecule has 0 saturated heterocycles. The molecule has 2 heterocycles. The molecule has 0 spiro atoms. The summed E-state index contributed by atoms with van der Waals surface area (Å²) in [6.45, 7) is 3.06. The molecule has 1 N–H and O–H groups in total. The summed E-state index contributed by atoms with van der Waals surface area (Å²) in [6.07, 6.45) is 12.6. The van der Waals surface area contributed by atoms with Crippen LogP contribution in [0, 0.1) is 12.8 Å². The topological polar surface area (TPSA) is 42.7 Å². The number of hydrogen-bond acceptors (Lipinski definition) is 3. The number of nitrogens with one attached hydrogen (secondary N) is 1. The van der Waals surface area contributed by atoms with Gasteiger partial charge >= 0.3 is 0 Å². The van der Waals surface area contributed by atoms with E-state index >= 15 is 0 Å². The quantitative estimate of drug-likeness (QED) is 0.923. The Bertz CT molecular complexity index is 538. The molecule has 1 fully saturated rings. The molecule has 20 heavy (non-hydrogen) atoms. The Balaban J connectivity index is 1.60. The van der Waals surface area contributed by atoms with Crippen molar-refractivity contribution >= 4 is 5.69 Å². The summed E-state index contributed by atoms with van der Waals surface area (Å²) < 4.78 is 1.99. The van der Waals surface area contributed by atoms with Gasteiger partial charge in [0, 0.05) is 18.9 Å². The first-order valence-electron chi connectivity index (χ1n) is 7.53. The zero-order valence-electron chi connectivity index (χ0n) is 12.0. The van der Waals surface area contributed by atoms with Crippen LogP contribution in [0.2, 0.25) is 0 Å². The van der Waals surface area contributed by atoms with E-state index in [1.165, 1.54) is 32.1 Å². The number of rotatable bonds is 4. The molecule has 1 aliphatic rings. The number of aryl methyl sites for hydroxylation is 1. The van der Waals surface area contributed by atoms with Gasteiger partial charge in [0.05, 0.1) is 11.9 Å². The van der Waals surface area contributed by atoms with Gasteiger partial charge in [0.15, 0.2) is 0 Å². The highest BCUT2D eigenvalue weighted by Gasteiger charge is 2.12. The van der Waals surface area contributed by atoms with Crippen molar-refractivity contribution in [2.24, 2.45) is 5.92 Å². The number of pyridine rings is 1. The minimum Gasteiger partial charge on any atom is -0.384 e. The summed E-state index contributed by atoms with van der Waals surface area (Å²) in [5, 5.41) is 3.51. The molecule has 0 aliphatic heterocycles. The third-order valence-electron chi connectivity index (χ3n) is 4.14. The van der Waals surface area contributed by atoms with E-state index in [0.29, 0.717) is 0 Å². The average Bonchev–Trinajstić information content (AvgIpc) is 2.93. The highest BCUT2D eigenvalue weighted by Crippen LogP contribution is 2.24. The second-order valence-electron chi connectivity index (χ2n) is 5.63. The van der Waals surface area contributed by atoms with E-state index in [2.05, 4.69) is 21.4 Å². The summed E-state index contributed by atoms with van der Waals surface area (Å²) in [6, 6.07) is 4.14. The Morgan fingerprint density at radius 3 is 2.70 bits per heavy atom. The maximum absolute atomic E-state index is 4.51. The van der Waals surface area contributed by atoms with Crippen molar-refractivity contribution in [3.8, 4) is 5.82 Å². The van der Waals surface area contributed by atoms with E-state index in [0.717, 1.165) is 29.8 Å². The second-order valence-corrected chi connectivity index (χ2v) is 5.63. The SMILES string of the molecule is Cc1nccn1-c1ccc(NCC2CCCCC2)cn1. The number of hydrogen-bond donors (Lipinski definition) is 1. The highest BCUT2D eigenvalue weighted by molar-refractivity contribution is 5.43. The van der Waals surface area contributed by atoms with E-state index in [4.69, 9.17) is 0 Å². The van der Waals surface area contributed by atoms with E-state index < -0.39 is 0 Å². The Labute approximate surface area is 120 Å². The summed E-state index contributed by atoms with van der Waals surface area (Å²) in [4.78, 5) is 8.73. The summed E-state index contributed by atoms with van der Waals surface area (Å²) in [7, 11) is 0. The van der Waals surface area contributed by atoms with Crippen LogP contribution < -0.4 is 5.32 Å². The predicted molar refractivity (Wildman–Crippen MR) is 81.2 cm³/mol. The van der Waals surface area contributed by atoms with Crippen LogP contribution in [-0.2, 0) is 0 Å². The lowest BCUT2D eigenvalue weighted by molar-refractivity contribution is 0.373. The molecule has 2 aromatic rings. The van der Waals surface area contributed by atoms with Crippen LogP contribution in [0.4, 0.5) is 5.69 Å². The van der Waals surface area contributed by atoms with Gasteiger partial charge < -0.3 is 5.32 Å². The van der Waals surface area contributed by atoms with Crippen molar-refractivity contribution in [3.05, 3.63) is 36.5 Å². The third kappa shape index (κ3) is 3.00. The standard InChI is InChI=1S/C16H22N4/c1-13-17-9-10-20(13)16-8-7-15(12-19-16)18-11-14-5-3-2-4-6-14/h7-10,12,14,18H,2-6,11H2,1H3. The number of anilines is 1. The molecule has 4 heteroatoms. The highest BCUT2D eigenvalue weighted by atomic mass is 15.1. The fourth-order valence-electron chi connectivity index (χ4n) is 2.91. The molecular weight excluding hydrogens is 248 g/mol. The van der Waals surface area contributed by atoms with Crippen LogP contribution in [0.3, 0.4) is 0 Å². The summed E-state index contributed by atoms with van der Waals surface area (Å²) in [5.74, 6) is 2.71. The largest absolute Gasteiger partial charge is 0.384 e. The number of imidazole rings is 1. The zero-order valence-corrected chi connectivity index (χ0v) is 12.0. The monoisotopic (exact) mass is 270 g/mol. The van der Waals surface area contributed by atoms with E-state index in [1.807, 2.05) is 30.0 Å². The van der Waals surface area contributed by atoms with Crippen LogP contribution in [0.1, 0.15) is 37.9 Å². The van der Waals surface area contributed by atoms with Gasteiger partial charge in [0.2, 0.25) is 0 Å². The molecule has 1 saturated carbocycles. The minimum atomic E-state index is 0.833. The Kier molecular flexibility index (Phi) is 4.00. The first kappa shape index (κ1) is 13.2. The first-order chi connectivity index (χ1) is 9.83. The molecule has 1 aliphatic carbocycles. The van der Waals surface area contributed by atoms with Crippen molar-refractivity contribution in [2.75, 3.05) is 11.9 Å². The number of aromatic nitrogens is 3. The van der Waals surface area contributed by atoms with E-state index in [-0.39, 0.29) is 0 Å². The summed E-state index contributed by atoms with van der Waals surface area (Å²) in [5.41, 5.74) is 1.11. The average molecular weight is 270 g/mol. The normalized spacial score (nSPS) is 16.2. The first-order valence-corrected chi connectivity index (χ1v) is 7.53. The maximum Gasteiger partial charge on any atom is 0.138 e. The molecule has 0 unspecified atom stereocenters. The van der Waals surface area contributed by atoms with Crippen molar-refractivity contribution < 1.29 is 0 Å². The molecule has 3 rings (SSSR count). The van der Waals surface area contributed by atoms with Gasteiger partial charge in [-0.05, 0) is 37.8 Å². The van der Waals surface area contributed by atoms with Gasteiger partial charge in [-0.2, -0.15) is 0 Å². The predicted octanol–water partition coefficient (Wildman–Crippen LogP) is 3.57. The Morgan fingerprint density at radius 2 is 2.05 bits per heavy atom. The van der Waals surface area contributed by atoms with Crippen LogP contribution in [0.5, 0.6) is 0 Å². The van der Waals surface area contributed by atoms with Crippen molar-refractivity contribution in [3.63, 3.8) is 0 Å². The van der Waals surface area contributed by atoms with E-state index in [9.17, 15) is 0 Å². The molecule has 0 amide bonds. The van der Waals surface area contributed by atoms with Crippen molar-refractivity contribution in [1.29, 1.82) is 0 Å². The lowest BCUT2D eigenvalue weighted by Crippen LogP contribution is -2.17.